The van der Waals surface area contributed by atoms with E-state index in [1.54, 1.807) is 18.2 Å². The van der Waals surface area contributed by atoms with E-state index in [0.29, 0.717) is 16.6 Å². The average molecular weight is 408 g/mol. The molecular weight excluding hydrogens is 391 g/mol. The van der Waals surface area contributed by atoms with Crippen molar-refractivity contribution in [2.45, 2.75) is 13.1 Å². The summed E-state index contributed by atoms with van der Waals surface area (Å²) in [6.45, 7) is 0.644. The van der Waals surface area contributed by atoms with Crippen LogP contribution in [0.15, 0.2) is 64.7 Å². The molecule has 0 fully saturated rings. The molecule has 30 heavy (non-hydrogen) atoms. The number of benzene rings is 1. The highest BCUT2D eigenvalue weighted by atomic mass is 19.1. The topological polar surface area (TPSA) is 115 Å². The highest BCUT2D eigenvalue weighted by Crippen LogP contribution is 2.08. The van der Waals surface area contributed by atoms with E-state index in [-0.39, 0.29) is 36.6 Å². The summed E-state index contributed by atoms with van der Waals surface area (Å²) in [6, 6.07) is 9.00. The van der Waals surface area contributed by atoms with Gasteiger partial charge in [-0.1, -0.05) is 12.1 Å². The third-order valence-corrected chi connectivity index (χ3v) is 4.54. The Bertz CT molecular complexity index is 1340. The molecule has 1 aromatic carbocycles. The molecule has 4 aromatic rings. The zero-order chi connectivity index (χ0) is 21.1. The summed E-state index contributed by atoms with van der Waals surface area (Å²) in [6.07, 6.45) is 4.24. The van der Waals surface area contributed by atoms with Crippen LogP contribution in [0.2, 0.25) is 0 Å². The molecule has 9 nitrogen and oxygen atoms in total. The molecule has 0 aliphatic heterocycles. The number of nitrogens with one attached hydrogen (secondary N) is 2. The summed E-state index contributed by atoms with van der Waals surface area (Å²) in [7, 11) is 0. The van der Waals surface area contributed by atoms with E-state index in [4.69, 9.17) is 0 Å². The van der Waals surface area contributed by atoms with Gasteiger partial charge in [-0.2, -0.15) is 5.10 Å². The van der Waals surface area contributed by atoms with Crippen LogP contribution in [0, 0.1) is 5.82 Å². The Hall–Kier alpha value is -4.08. The van der Waals surface area contributed by atoms with Gasteiger partial charge in [0.15, 0.2) is 5.65 Å². The predicted molar refractivity (Wildman–Crippen MR) is 107 cm³/mol. The van der Waals surface area contributed by atoms with Crippen molar-refractivity contribution in [1.29, 1.82) is 0 Å². The molecule has 0 spiro atoms. The lowest BCUT2D eigenvalue weighted by molar-refractivity contribution is 0.0950. The molecule has 0 saturated carbocycles. The summed E-state index contributed by atoms with van der Waals surface area (Å²) in [5.74, 6) is -0.874. The number of carbonyl (C=O) groups is 1. The second-order valence-corrected chi connectivity index (χ2v) is 6.58. The minimum Gasteiger partial charge on any atom is -0.350 e. The van der Waals surface area contributed by atoms with Crippen molar-refractivity contribution < 1.29 is 9.18 Å². The van der Waals surface area contributed by atoms with Crippen LogP contribution < -0.4 is 16.4 Å². The fourth-order valence-corrected chi connectivity index (χ4v) is 3.08. The molecule has 0 aliphatic carbocycles. The van der Waals surface area contributed by atoms with Crippen molar-refractivity contribution >= 4 is 16.9 Å². The number of fused-ring (bicyclic) bond motifs is 1. The Morgan fingerprint density at radius 1 is 1.20 bits per heavy atom. The summed E-state index contributed by atoms with van der Waals surface area (Å²) >= 11 is 0. The lowest BCUT2D eigenvalue weighted by Crippen LogP contribution is -2.31. The average Bonchev–Trinajstić information content (AvgIpc) is 3.14. The van der Waals surface area contributed by atoms with Gasteiger partial charge in [0.05, 0.1) is 19.3 Å². The highest BCUT2D eigenvalue weighted by molar-refractivity contribution is 5.93. The van der Waals surface area contributed by atoms with Crippen LogP contribution in [0.5, 0.6) is 0 Å². The second kappa shape index (κ2) is 8.11. The Balaban J connectivity index is 1.48. The van der Waals surface area contributed by atoms with Crippen LogP contribution in [-0.4, -0.2) is 36.8 Å². The van der Waals surface area contributed by atoms with Crippen LogP contribution in [0.4, 0.5) is 4.39 Å². The molecule has 10 heteroatoms. The maximum atomic E-state index is 13.4. The van der Waals surface area contributed by atoms with E-state index in [0.717, 1.165) is 0 Å². The number of amides is 1. The number of hydrogen-bond acceptors (Lipinski definition) is 5. The monoisotopic (exact) mass is 408 g/mol. The molecule has 3 aromatic heterocycles. The molecule has 0 bridgehead atoms. The van der Waals surface area contributed by atoms with Gasteiger partial charge in [-0.25, -0.2) is 14.1 Å². The summed E-state index contributed by atoms with van der Waals surface area (Å²) in [5, 5.41) is 7.13. The van der Waals surface area contributed by atoms with E-state index in [9.17, 15) is 18.8 Å². The third kappa shape index (κ3) is 3.88. The van der Waals surface area contributed by atoms with Crippen molar-refractivity contribution in [2.75, 3.05) is 6.54 Å². The number of nitrogens with zero attached hydrogens (tertiary/aromatic N) is 4. The van der Waals surface area contributed by atoms with Crippen molar-refractivity contribution in [3.05, 3.63) is 92.8 Å². The normalized spacial score (nSPS) is 11.0. The van der Waals surface area contributed by atoms with Crippen LogP contribution in [0.25, 0.3) is 11.0 Å². The molecule has 0 atom stereocenters. The van der Waals surface area contributed by atoms with E-state index in [1.165, 1.54) is 46.2 Å². The first kappa shape index (κ1) is 19.2. The van der Waals surface area contributed by atoms with E-state index in [1.807, 2.05) is 0 Å². The Morgan fingerprint density at radius 3 is 2.87 bits per heavy atom. The van der Waals surface area contributed by atoms with Crippen molar-refractivity contribution in [3.8, 4) is 0 Å². The van der Waals surface area contributed by atoms with E-state index in [2.05, 4.69) is 20.4 Å². The zero-order valence-electron chi connectivity index (χ0n) is 15.7. The second-order valence-electron chi connectivity index (χ2n) is 6.58. The van der Waals surface area contributed by atoms with Gasteiger partial charge in [0.1, 0.15) is 23.1 Å². The van der Waals surface area contributed by atoms with Crippen molar-refractivity contribution in [2.24, 2.45) is 0 Å². The van der Waals surface area contributed by atoms with Crippen molar-refractivity contribution in [3.63, 3.8) is 0 Å². The zero-order valence-corrected chi connectivity index (χ0v) is 15.7. The molecule has 0 saturated heterocycles. The molecule has 0 radical (unpaired) electrons. The number of aromatic amines is 1. The smallest absolute Gasteiger partial charge is 0.264 e. The lowest BCUT2D eigenvalue weighted by Gasteiger charge is -2.07. The standard InChI is InChI=1S/C20H17FN6O3/c21-14-4-1-3-13(9-14)11-26-12-24-17-16(20(26)30)10-25-27(17)8-7-23-19(29)15-5-2-6-22-18(15)28/h1-6,9-10,12H,7-8,11H2,(H,22,28)(H,23,29). The number of rotatable bonds is 6. The number of hydrogen-bond donors (Lipinski definition) is 2. The van der Waals surface area contributed by atoms with Gasteiger partial charge < -0.3 is 10.3 Å². The Labute approximate surface area is 168 Å². The van der Waals surface area contributed by atoms with Crippen molar-refractivity contribution in [1.82, 2.24) is 29.6 Å². The first-order valence-corrected chi connectivity index (χ1v) is 9.14. The third-order valence-electron chi connectivity index (χ3n) is 4.54. The highest BCUT2D eigenvalue weighted by Gasteiger charge is 2.12. The summed E-state index contributed by atoms with van der Waals surface area (Å²) in [4.78, 5) is 43.2. The van der Waals surface area contributed by atoms with Gasteiger partial charge in [-0.05, 0) is 29.8 Å². The van der Waals surface area contributed by atoms with Crippen LogP contribution >= 0.6 is 0 Å². The fourth-order valence-electron chi connectivity index (χ4n) is 3.08. The molecule has 152 valence electrons. The minimum absolute atomic E-state index is 0.0150. The summed E-state index contributed by atoms with van der Waals surface area (Å²) < 4.78 is 16.2. The van der Waals surface area contributed by atoms with Gasteiger partial charge >= 0.3 is 0 Å². The molecule has 1 amide bonds. The van der Waals surface area contributed by atoms with Gasteiger partial charge in [0, 0.05) is 12.7 Å². The number of H-pyrrole nitrogens is 1. The van der Waals surface area contributed by atoms with E-state index >= 15 is 0 Å². The Kier molecular flexibility index (Phi) is 5.21. The number of pyridine rings is 1. The van der Waals surface area contributed by atoms with Gasteiger partial charge in [-0.15, -0.1) is 0 Å². The first-order valence-electron chi connectivity index (χ1n) is 9.14. The number of aromatic nitrogens is 5. The van der Waals surface area contributed by atoms with Crippen LogP contribution in [0.3, 0.4) is 0 Å². The maximum Gasteiger partial charge on any atom is 0.264 e. The largest absolute Gasteiger partial charge is 0.350 e. The fraction of sp³-hybridized carbons (Fsp3) is 0.150. The minimum atomic E-state index is -0.501. The quantitative estimate of drug-likeness (QED) is 0.492. The van der Waals surface area contributed by atoms with Gasteiger partial charge in [-0.3, -0.25) is 19.0 Å². The molecule has 0 unspecified atom stereocenters. The molecule has 3 heterocycles. The molecule has 0 aliphatic rings. The van der Waals surface area contributed by atoms with Gasteiger partial charge in [0.25, 0.3) is 17.0 Å². The lowest BCUT2D eigenvalue weighted by atomic mass is 10.2. The Morgan fingerprint density at radius 2 is 2.07 bits per heavy atom. The van der Waals surface area contributed by atoms with Crippen LogP contribution in [-0.2, 0) is 13.1 Å². The van der Waals surface area contributed by atoms with Crippen LogP contribution in [0.1, 0.15) is 15.9 Å². The SMILES string of the molecule is O=C(NCCn1ncc2c(=O)n(Cc3cccc(F)c3)cnc21)c1ccc[nH]c1=O. The molecule has 4 rings (SSSR count). The van der Waals surface area contributed by atoms with E-state index < -0.39 is 11.5 Å². The summed E-state index contributed by atoms with van der Waals surface area (Å²) in [5.41, 5.74) is 0.267. The molecular formula is C20H17FN6O3. The van der Waals surface area contributed by atoms with Gasteiger partial charge in [0.2, 0.25) is 0 Å². The number of carbonyl (C=O) groups excluding carboxylic acids is 1. The first-order chi connectivity index (χ1) is 14.5. The number of halogens is 1. The predicted octanol–water partition coefficient (Wildman–Crippen LogP) is 0.899. The molecule has 2 N–H and O–H groups in total. The maximum absolute atomic E-state index is 13.4.